The molecule has 8 aromatic carbocycles. The molecule has 0 aliphatic carbocycles. The number of aryl methyl sites for hydroxylation is 3. The number of para-hydroxylation sites is 2. The van der Waals surface area contributed by atoms with Gasteiger partial charge in [-0.3, -0.25) is 0 Å². The molecule has 0 saturated carbocycles. The standard InChI is InChI=1S/C12H11N2.C11H10N3.C10H10FN2.C10H9FNO.C10H7N2O.C9H8FN2.C9H7FNO.C9H9N2.8Co/c1-2-6-14-7-5-11-4-3-10(9-13)8-12(11)14;1-2-5-14-8-13-10-4-3-9(7-12)6-11(10)14;1-2-5-13-7-12-9-4-3-8(11)6-10(9)13;1-2-13-12-6-5-8-3-4-9(11)7-10(8)12;1-13-12-5-4-9-3-2-8(7-11)6-10(9)12;1-2-12-6-11-8-4-3-7(10)5-9(8)12;1-12-11-5-4-7-2-3-8(10)6-9(7)11;1-2-11-7-10-8-5-3-4-6-9(8)11;;;;;;;;/h3-5,7-8H,1-2,6H2;3-4,6,8H,1-2,5H2;3-4,6-7H,1-2,5H2;3-7H,1-2H2;2-6H,1H2;3-6H,1-2H2;2-6H,1H2;3-7H,1-2H2;;;;;;;;/q8*-1;;;;;;;;. The largest absolute Gasteiger partial charge is 0.585 e. The van der Waals surface area contributed by atoms with Gasteiger partial charge in [-0.25, -0.2) is 47.0 Å². The monoisotopic (exact) mass is 1840 g/mol. The molecule has 18 nitrogen and oxygen atoms in total. The van der Waals surface area contributed by atoms with E-state index in [1.54, 1.807) is 84.6 Å². The van der Waals surface area contributed by atoms with Crippen LogP contribution in [0.15, 0.2) is 226 Å². The summed E-state index contributed by atoms with van der Waals surface area (Å²) in [6.07, 6.45) is 16.7. The topological polar surface area (TPSA) is 190 Å². The Kier molecular flexibility index (Phi) is 45.5. The second-order valence-electron chi connectivity index (χ2n) is 22.1. The van der Waals surface area contributed by atoms with Crippen molar-refractivity contribution in [2.24, 2.45) is 0 Å². The van der Waals surface area contributed by atoms with E-state index >= 15 is 0 Å². The van der Waals surface area contributed by atoms with Gasteiger partial charge in [-0.2, -0.15) is 39.8 Å². The molecule has 16 aromatic rings. The fourth-order valence-electron chi connectivity index (χ4n) is 10.6. The van der Waals surface area contributed by atoms with Crippen LogP contribution >= 0.6 is 0 Å². The zero-order valence-electron chi connectivity index (χ0n) is 58.5. The number of rotatable bonds is 12. The number of hydrogen-bond acceptors (Lipinski definition) is 10. The first-order valence-corrected chi connectivity index (χ1v) is 31.9. The maximum atomic E-state index is 12.9. The molecular weight excluding hydrogens is 1770 g/mol. The Morgan fingerprint density at radius 2 is 0.627 bits per heavy atom. The molecule has 0 spiro atoms. The third-order valence-corrected chi connectivity index (χ3v) is 15.6. The van der Waals surface area contributed by atoms with Crippen molar-refractivity contribution in [1.82, 2.24) is 57.0 Å². The summed E-state index contributed by atoms with van der Waals surface area (Å²) in [7, 11) is 6.56. The maximum absolute atomic E-state index is 12.9. The Hall–Kier alpha value is -8.56. The van der Waals surface area contributed by atoms with E-state index in [4.69, 9.17) is 30.3 Å². The van der Waals surface area contributed by atoms with Crippen LogP contribution in [0.4, 0.5) is 17.6 Å². The molecule has 0 aliphatic heterocycles. The van der Waals surface area contributed by atoms with E-state index in [2.05, 4.69) is 105 Å². The number of nitrogens with zero attached hydrogens (tertiary/aromatic N) is 15. The summed E-state index contributed by atoms with van der Waals surface area (Å²) < 4.78 is 65.6. The van der Waals surface area contributed by atoms with Crippen LogP contribution in [-0.2, 0) is 167 Å². The van der Waals surface area contributed by atoms with E-state index < -0.39 is 0 Å². The van der Waals surface area contributed by atoms with Gasteiger partial charge in [0.15, 0.2) is 0 Å². The van der Waals surface area contributed by atoms with Crippen LogP contribution in [0.5, 0.6) is 0 Å². The summed E-state index contributed by atoms with van der Waals surface area (Å²) in [6, 6.07) is 57.0. The summed E-state index contributed by atoms with van der Waals surface area (Å²) in [6.45, 7) is 26.6. The van der Waals surface area contributed by atoms with E-state index in [0.717, 1.165) is 122 Å². The van der Waals surface area contributed by atoms with Crippen molar-refractivity contribution in [3.05, 3.63) is 322 Å². The Balaban J connectivity index is 0.000000623. The molecule has 0 amide bonds. The molecule has 8 radical (unpaired) electrons. The second-order valence-corrected chi connectivity index (χ2v) is 22.1. The first-order chi connectivity index (χ1) is 49.7. The average Bonchev–Trinajstić information content (AvgIpc) is 1.84. The van der Waals surface area contributed by atoms with Gasteiger partial charge in [0, 0.05) is 193 Å². The number of nitriles is 3. The van der Waals surface area contributed by atoms with Crippen LogP contribution in [0.1, 0.15) is 36.0 Å². The zero-order valence-corrected chi connectivity index (χ0v) is 66.8. The molecule has 0 atom stereocenters. The maximum Gasteiger partial charge on any atom is 0.125 e. The number of halogens is 4. The summed E-state index contributed by atoms with van der Waals surface area (Å²) >= 11 is 0. The summed E-state index contributed by atoms with van der Waals surface area (Å²) in [4.78, 5) is 31.4. The van der Waals surface area contributed by atoms with E-state index in [0.29, 0.717) is 35.4 Å². The van der Waals surface area contributed by atoms with Crippen LogP contribution in [-0.4, -0.2) is 63.6 Å². The van der Waals surface area contributed by atoms with Crippen LogP contribution in [0.3, 0.4) is 0 Å². The smallest absolute Gasteiger partial charge is 0.125 e. The van der Waals surface area contributed by atoms with E-state index in [1.165, 1.54) is 68.1 Å². The average molecular weight is 1840 g/mol. The van der Waals surface area contributed by atoms with Crippen molar-refractivity contribution in [3.63, 3.8) is 0 Å². The van der Waals surface area contributed by atoms with E-state index in [-0.39, 0.29) is 157 Å². The van der Waals surface area contributed by atoms with E-state index in [1.807, 2.05) is 105 Å². The second kappa shape index (κ2) is 50.4. The van der Waals surface area contributed by atoms with Gasteiger partial charge in [0.05, 0.1) is 121 Å². The molecule has 0 unspecified atom stereocenters. The SMILES string of the molecule is [CH2-]CCn1ccc2ccc(C#N)cc21.[CH2-]CCn1cnc2ccc(C#N)cc21.[CH2-]CCn1cnc2ccc(F)cc21.[CH2-]COn1ccc2ccc(F)cc21.[CH2-]Cn1cnc2ccc(F)cc21.[CH2-]Cn1cnc2ccccc21.[CH2-]On1ccc2ccc(C#N)cc21.[CH2-]On1ccc2ccc(F)cc21.[Co].[Co].[Co].[Co].[Co].[Co].[Co].[Co]. The molecule has 8 aromatic heterocycles. The van der Waals surface area contributed by atoms with Gasteiger partial charge in [-0.1, -0.05) is 24.3 Å². The van der Waals surface area contributed by atoms with Gasteiger partial charge < -0.3 is 78.9 Å². The number of aromatic nitrogens is 12. The van der Waals surface area contributed by atoms with Gasteiger partial charge in [-0.05, 0) is 171 Å². The fraction of sp³-hybridized carbons (Fsp3) is 0.113. The first-order valence-electron chi connectivity index (χ1n) is 31.9. The molecule has 0 fully saturated rings. The van der Waals surface area contributed by atoms with Crippen LogP contribution < -0.4 is 14.5 Å². The van der Waals surface area contributed by atoms with Gasteiger partial charge in [0.25, 0.3) is 0 Å². The van der Waals surface area contributed by atoms with Gasteiger partial charge in [-0.15, -0.1) is 27.3 Å². The van der Waals surface area contributed by atoms with Crippen molar-refractivity contribution in [2.75, 3.05) is 6.61 Å². The van der Waals surface area contributed by atoms with E-state index in [9.17, 15) is 17.6 Å². The van der Waals surface area contributed by atoms with Crippen molar-refractivity contribution in [3.8, 4) is 18.2 Å². The molecular formula is C80H71Co8F4N15O3-8. The van der Waals surface area contributed by atoms with Gasteiger partial charge in [0.2, 0.25) is 0 Å². The molecule has 0 bridgehead atoms. The summed E-state index contributed by atoms with van der Waals surface area (Å²) in [5.41, 5.74) is 12.8. The number of imidazole rings is 4. The summed E-state index contributed by atoms with van der Waals surface area (Å²) in [5.74, 6) is -1.00. The third-order valence-electron chi connectivity index (χ3n) is 15.6. The molecule has 0 saturated heterocycles. The van der Waals surface area contributed by atoms with Crippen LogP contribution in [0.2, 0.25) is 0 Å². The Morgan fingerprint density at radius 3 is 1.06 bits per heavy atom. The third kappa shape index (κ3) is 26.3. The molecule has 110 heavy (non-hydrogen) atoms. The zero-order chi connectivity index (χ0) is 72.5. The quantitative estimate of drug-likeness (QED) is 0.0840. The van der Waals surface area contributed by atoms with Crippen LogP contribution in [0, 0.1) is 113 Å². The van der Waals surface area contributed by atoms with Gasteiger partial charge >= 0.3 is 0 Å². The van der Waals surface area contributed by atoms with Crippen molar-refractivity contribution >= 4 is 87.7 Å². The van der Waals surface area contributed by atoms with Crippen LogP contribution in [0.25, 0.3) is 87.7 Å². The first kappa shape index (κ1) is 99.5. The molecule has 16 rings (SSSR count). The fourth-order valence-corrected chi connectivity index (χ4v) is 10.6. The van der Waals surface area contributed by atoms with Crippen molar-refractivity contribution in [2.45, 2.75) is 52.0 Å². The molecule has 0 aliphatic rings. The van der Waals surface area contributed by atoms with Gasteiger partial charge in [0.1, 0.15) is 23.3 Å². The number of fused-ring (bicyclic) bond motifs is 8. The molecule has 592 valence electrons. The predicted molar refractivity (Wildman–Crippen MR) is 392 cm³/mol. The Morgan fingerprint density at radius 1 is 0.318 bits per heavy atom. The number of hydrogen-bond donors (Lipinski definition) is 0. The predicted octanol–water partition coefficient (Wildman–Crippen LogP) is 16.9. The Bertz CT molecular complexity index is 5300. The number of benzene rings is 8. The Labute approximate surface area is 718 Å². The van der Waals surface area contributed by atoms with Crippen molar-refractivity contribution in [1.29, 1.82) is 15.8 Å². The molecule has 8 heterocycles. The normalized spacial score (nSPS) is 9.72. The molecule has 0 N–H and O–H groups in total. The summed E-state index contributed by atoms with van der Waals surface area (Å²) in [5, 5.41) is 30.3. The minimum Gasteiger partial charge on any atom is -0.585 e. The minimum atomic E-state index is -0.278. The minimum absolute atomic E-state index is 0. The molecule has 30 heteroatoms. The van der Waals surface area contributed by atoms with Crippen molar-refractivity contribution < 1.29 is 166 Å².